The van der Waals surface area contributed by atoms with Crippen LogP contribution in [0.1, 0.15) is 6.42 Å². The highest BCUT2D eigenvalue weighted by atomic mass is 16.5. The van der Waals surface area contributed by atoms with Crippen LogP contribution in [0.3, 0.4) is 0 Å². The van der Waals surface area contributed by atoms with Gasteiger partial charge in [-0.15, -0.1) is 0 Å². The molecule has 0 unspecified atom stereocenters. The second-order valence-electron chi connectivity index (χ2n) is 4.86. The van der Waals surface area contributed by atoms with Gasteiger partial charge in [-0.1, -0.05) is 0 Å². The molecular weight excluding hydrogens is 268 g/mol. The number of pyridine rings is 1. The maximum Gasteiger partial charge on any atom is 0.161 e. The Balaban J connectivity index is 2.49. The number of hydrogen-bond acceptors (Lipinski definition) is 6. The highest BCUT2D eigenvalue weighted by Crippen LogP contribution is 2.35. The molecule has 0 saturated carbocycles. The SMILES string of the molecule is COc1cc2cc(N(C)CCCN)nc(N)c2cc1OC. The number of nitrogen functional groups attached to an aromatic ring is 1. The summed E-state index contributed by atoms with van der Waals surface area (Å²) in [6.45, 7) is 1.49. The van der Waals surface area contributed by atoms with Crippen molar-refractivity contribution < 1.29 is 9.47 Å². The average molecular weight is 290 g/mol. The van der Waals surface area contributed by atoms with Crippen LogP contribution in [0.2, 0.25) is 0 Å². The Labute approximate surface area is 124 Å². The molecule has 0 fully saturated rings. The van der Waals surface area contributed by atoms with Crippen LogP contribution in [0.5, 0.6) is 11.5 Å². The minimum Gasteiger partial charge on any atom is -0.493 e. The molecule has 0 radical (unpaired) electrons. The van der Waals surface area contributed by atoms with E-state index in [0.717, 1.165) is 29.6 Å². The van der Waals surface area contributed by atoms with Crippen molar-refractivity contribution in [2.24, 2.45) is 5.73 Å². The number of nitrogens with two attached hydrogens (primary N) is 2. The molecule has 1 heterocycles. The Morgan fingerprint density at radius 2 is 1.81 bits per heavy atom. The quantitative estimate of drug-likeness (QED) is 0.840. The molecule has 1 aromatic carbocycles. The monoisotopic (exact) mass is 290 g/mol. The molecule has 0 spiro atoms. The van der Waals surface area contributed by atoms with E-state index in [0.29, 0.717) is 23.9 Å². The Morgan fingerprint density at radius 1 is 1.14 bits per heavy atom. The molecule has 0 saturated heterocycles. The van der Waals surface area contributed by atoms with E-state index >= 15 is 0 Å². The molecule has 0 aliphatic heterocycles. The predicted octanol–water partition coefficient (Wildman–Crippen LogP) is 1.62. The molecule has 1 aromatic heterocycles. The summed E-state index contributed by atoms with van der Waals surface area (Å²) in [4.78, 5) is 6.49. The van der Waals surface area contributed by atoms with Crippen LogP contribution in [0.4, 0.5) is 11.6 Å². The van der Waals surface area contributed by atoms with Crippen LogP contribution in [0.15, 0.2) is 18.2 Å². The second kappa shape index (κ2) is 6.49. The number of aromatic nitrogens is 1. The Bertz CT molecular complexity index is 631. The highest BCUT2D eigenvalue weighted by molar-refractivity contribution is 5.95. The molecule has 0 aliphatic carbocycles. The van der Waals surface area contributed by atoms with E-state index in [9.17, 15) is 0 Å². The van der Waals surface area contributed by atoms with Gasteiger partial charge in [-0.25, -0.2) is 4.98 Å². The van der Waals surface area contributed by atoms with E-state index in [2.05, 4.69) is 4.98 Å². The average Bonchev–Trinajstić information content (AvgIpc) is 2.51. The van der Waals surface area contributed by atoms with Gasteiger partial charge < -0.3 is 25.8 Å². The van der Waals surface area contributed by atoms with Gasteiger partial charge in [-0.05, 0) is 36.6 Å². The van der Waals surface area contributed by atoms with Gasteiger partial charge >= 0.3 is 0 Å². The van der Waals surface area contributed by atoms with Crippen LogP contribution in [0, 0.1) is 0 Å². The molecule has 0 aliphatic rings. The van der Waals surface area contributed by atoms with Gasteiger partial charge in [0.15, 0.2) is 11.5 Å². The highest BCUT2D eigenvalue weighted by Gasteiger charge is 2.12. The lowest BCUT2D eigenvalue weighted by Crippen LogP contribution is -2.22. The van der Waals surface area contributed by atoms with Gasteiger partial charge in [-0.3, -0.25) is 0 Å². The standard InChI is InChI=1S/C15H22N4O2/c1-19(6-4-5-16)14-8-10-7-12(20-2)13(21-3)9-11(10)15(17)18-14/h7-9H,4-6,16H2,1-3H3,(H2,17,18). The number of ether oxygens (including phenoxy) is 2. The third-order valence-electron chi connectivity index (χ3n) is 3.44. The molecular formula is C15H22N4O2. The molecule has 0 atom stereocenters. The van der Waals surface area contributed by atoms with Crippen molar-refractivity contribution in [3.8, 4) is 11.5 Å². The zero-order chi connectivity index (χ0) is 15.4. The van der Waals surface area contributed by atoms with E-state index < -0.39 is 0 Å². The van der Waals surface area contributed by atoms with E-state index in [4.69, 9.17) is 20.9 Å². The molecule has 2 aromatic rings. The third kappa shape index (κ3) is 3.11. The van der Waals surface area contributed by atoms with Crippen LogP contribution < -0.4 is 25.8 Å². The van der Waals surface area contributed by atoms with Crippen LogP contribution in [0.25, 0.3) is 10.8 Å². The maximum absolute atomic E-state index is 6.08. The van der Waals surface area contributed by atoms with Crippen molar-refractivity contribution in [1.82, 2.24) is 4.98 Å². The fraction of sp³-hybridized carbons (Fsp3) is 0.400. The lowest BCUT2D eigenvalue weighted by atomic mass is 10.1. The Kier molecular flexibility index (Phi) is 4.70. The van der Waals surface area contributed by atoms with Gasteiger partial charge in [0.2, 0.25) is 0 Å². The molecule has 4 N–H and O–H groups in total. The van der Waals surface area contributed by atoms with Crippen molar-refractivity contribution >= 4 is 22.4 Å². The number of fused-ring (bicyclic) bond motifs is 1. The smallest absolute Gasteiger partial charge is 0.161 e. The third-order valence-corrected chi connectivity index (χ3v) is 3.44. The molecule has 21 heavy (non-hydrogen) atoms. The number of nitrogens with zero attached hydrogens (tertiary/aromatic N) is 2. The Hall–Kier alpha value is -2.21. The van der Waals surface area contributed by atoms with Crippen LogP contribution in [-0.2, 0) is 0 Å². The van der Waals surface area contributed by atoms with Crippen molar-refractivity contribution in [2.45, 2.75) is 6.42 Å². The van der Waals surface area contributed by atoms with Gasteiger partial charge in [0.25, 0.3) is 0 Å². The molecule has 6 heteroatoms. The van der Waals surface area contributed by atoms with Crippen molar-refractivity contribution in [3.63, 3.8) is 0 Å². The first-order valence-electron chi connectivity index (χ1n) is 6.84. The normalized spacial score (nSPS) is 10.7. The predicted molar refractivity (Wildman–Crippen MR) is 86.2 cm³/mol. The molecule has 0 bridgehead atoms. The molecule has 0 amide bonds. The number of methoxy groups -OCH3 is 2. The number of anilines is 2. The fourth-order valence-electron chi connectivity index (χ4n) is 2.23. The minimum atomic E-state index is 0.475. The van der Waals surface area contributed by atoms with Crippen molar-refractivity contribution in [3.05, 3.63) is 18.2 Å². The summed E-state index contributed by atoms with van der Waals surface area (Å²) in [5.41, 5.74) is 11.6. The number of rotatable bonds is 6. The van der Waals surface area contributed by atoms with Gasteiger partial charge in [0, 0.05) is 19.0 Å². The van der Waals surface area contributed by atoms with E-state index in [-0.39, 0.29) is 0 Å². The summed E-state index contributed by atoms with van der Waals surface area (Å²) in [7, 11) is 5.19. The maximum atomic E-state index is 6.08. The van der Waals surface area contributed by atoms with Crippen LogP contribution in [-0.4, -0.2) is 39.3 Å². The first-order valence-corrected chi connectivity index (χ1v) is 6.84. The molecule has 114 valence electrons. The topological polar surface area (TPSA) is 86.6 Å². The molecule has 6 nitrogen and oxygen atoms in total. The van der Waals surface area contributed by atoms with E-state index in [1.54, 1.807) is 14.2 Å². The first kappa shape index (κ1) is 15.2. The van der Waals surface area contributed by atoms with Gasteiger partial charge in [0.1, 0.15) is 11.6 Å². The fourth-order valence-corrected chi connectivity index (χ4v) is 2.23. The van der Waals surface area contributed by atoms with Gasteiger partial charge in [-0.2, -0.15) is 0 Å². The number of hydrogen-bond donors (Lipinski definition) is 2. The van der Waals surface area contributed by atoms with E-state index in [1.807, 2.05) is 30.1 Å². The zero-order valence-electron chi connectivity index (χ0n) is 12.7. The summed E-state index contributed by atoms with van der Waals surface area (Å²) in [6.07, 6.45) is 0.905. The summed E-state index contributed by atoms with van der Waals surface area (Å²) in [5.74, 6) is 2.61. The lowest BCUT2D eigenvalue weighted by molar-refractivity contribution is 0.356. The Morgan fingerprint density at radius 3 is 2.43 bits per heavy atom. The summed E-state index contributed by atoms with van der Waals surface area (Å²) >= 11 is 0. The lowest BCUT2D eigenvalue weighted by Gasteiger charge is -2.19. The van der Waals surface area contributed by atoms with E-state index in [1.165, 1.54) is 0 Å². The zero-order valence-corrected chi connectivity index (χ0v) is 12.7. The second-order valence-corrected chi connectivity index (χ2v) is 4.86. The van der Waals surface area contributed by atoms with Crippen LogP contribution >= 0.6 is 0 Å². The largest absolute Gasteiger partial charge is 0.493 e. The summed E-state index contributed by atoms with van der Waals surface area (Å²) in [5, 5.41) is 1.82. The summed E-state index contributed by atoms with van der Waals surface area (Å²) in [6, 6.07) is 5.75. The summed E-state index contributed by atoms with van der Waals surface area (Å²) < 4.78 is 10.6. The first-order chi connectivity index (χ1) is 10.1. The van der Waals surface area contributed by atoms with Crippen molar-refractivity contribution in [1.29, 1.82) is 0 Å². The van der Waals surface area contributed by atoms with Gasteiger partial charge in [0.05, 0.1) is 14.2 Å². The molecule has 2 rings (SSSR count). The minimum absolute atomic E-state index is 0.475. The number of benzene rings is 1. The van der Waals surface area contributed by atoms with Crippen molar-refractivity contribution in [2.75, 3.05) is 45.0 Å².